The van der Waals surface area contributed by atoms with Gasteiger partial charge in [-0.2, -0.15) is 0 Å². The van der Waals surface area contributed by atoms with Crippen LogP contribution in [0.15, 0.2) is 39.5 Å². The summed E-state index contributed by atoms with van der Waals surface area (Å²) >= 11 is 0. The van der Waals surface area contributed by atoms with Gasteiger partial charge in [-0.25, -0.2) is 0 Å². The fraction of sp³-hybridized carbons (Fsp3) is 0.389. The molecule has 4 N–H and O–H groups in total. The van der Waals surface area contributed by atoms with Crippen molar-refractivity contribution in [1.82, 2.24) is 0 Å². The highest BCUT2D eigenvalue weighted by Crippen LogP contribution is 2.35. The summed E-state index contributed by atoms with van der Waals surface area (Å²) in [6.45, 7) is 0. The molecule has 4 unspecified atom stereocenters. The van der Waals surface area contributed by atoms with Crippen LogP contribution in [-0.4, -0.2) is 39.7 Å². The quantitative estimate of drug-likeness (QED) is 0.624. The van der Waals surface area contributed by atoms with E-state index in [2.05, 4.69) is 0 Å². The van der Waals surface area contributed by atoms with Crippen LogP contribution >= 0.6 is 0 Å². The summed E-state index contributed by atoms with van der Waals surface area (Å²) < 4.78 is 10.6. The zero-order valence-corrected chi connectivity index (χ0v) is 13.6. The first kappa shape index (κ1) is 17.6. The Bertz CT molecular complexity index is 796. The molecule has 0 saturated carbocycles. The number of hydrogen-bond donors (Lipinski definition) is 4. The first-order valence-electron chi connectivity index (χ1n) is 7.94. The number of rotatable bonds is 4. The normalized spacial score (nSPS) is 25.5. The molecule has 3 rings (SSSR count). The number of benzene rings is 1. The second-order valence-electron chi connectivity index (χ2n) is 6.07. The van der Waals surface area contributed by atoms with Gasteiger partial charge in [0.1, 0.15) is 41.7 Å². The maximum absolute atomic E-state index is 12.2. The molecule has 7 heteroatoms. The smallest absolute Gasteiger partial charge is 0.191 e. The molecule has 0 aliphatic heterocycles. The molecule has 1 aliphatic rings. The highest BCUT2D eigenvalue weighted by Gasteiger charge is 2.43. The Morgan fingerprint density at radius 3 is 2.28 bits per heavy atom. The van der Waals surface area contributed by atoms with E-state index in [1.54, 1.807) is 7.11 Å². The van der Waals surface area contributed by atoms with Gasteiger partial charge in [0.15, 0.2) is 5.43 Å². The van der Waals surface area contributed by atoms with E-state index in [1.807, 2.05) is 24.3 Å². The third-order valence-corrected chi connectivity index (χ3v) is 4.44. The fourth-order valence-electron chi connectivity index (χ4n) is 2.96. The summed E-state index contributed by atoms with van der Waals surface area (Å²) in [7, 11) is 1.59. The van der Waals surface area contributed by atoms with E-state index in [0.29, 0.717) is 18.6 Å². The zero-order valence-electron chi connectivity index (χ0n) is 13.6. The van der Waals surface area contributed by atoms with Crippen LogP contribution < -0.4 is 10.2 Å². The third-order valence-electron chi connectivity index (χ3n) is 4.44. The number of aliphatic hydroxyl groups excluding tert-OH is 4. The third kappa shape index (κ3) is 3.32. The first-order valence-corrected chi connectivity index (χ1v) is 7.94. The second-order valence-corrected chi connectivity index (χ2v) is 6.07. The van der Waals surface area contributed by atoms with Crippen molar-refractivity contribution in [2.75, 3.05) is 7.11 Å². The molecular weight excluding hydrogens is 328 g/mol. The molecule has 0 spiro atoms. The van der Waals surface area contributed by atoms with Crippen LogP contribution in [0.5, 0.6) is 5.75 Å². The summed E-state index contributed by atoms with van der Waals surface area (Å²) in [5.74, 6) is 0.880. The molecule has 25 heavy (non-hydrogen) atoms. The number of aliphatic hydroxyl groups is 4. The minimum absolute atomic E-state index is 0.192. The van der Waals surface area contributed by atoms with Crippen molar-refractivity contribution in [1.29, 1.82) is 0 Å². The number of aryl methyl sites for hydroxylation is 2. The molecule has 4 atom stereocenters. The maximum Gasteiger partial charge on any atom is 0.191 e. The van der Waals surface area contributed by atoms with E-state index in [0.717, 1.165) is 11.3 Å². The van der Waals surface area contributed by atoms with E-state index in [9.17, 15) is 25.2 Å². The Kier molecular flexibility index (Phi) is 4.91. The van der Waals surface area contributed by atoms with Gasteiger partial charge < -0.3 is 29.6 Å². The van der Waals surface area contributed by atoms with Crippen LogP contribution in [0.3, 0.4) is 0 Å². The number of fused-ring (bicyclic) bond motifs is 1. The van der Waals surface area contributed by atoms with Gasteiger partial charge in [-0.3, -0.25) is 4.79 Å². The molecule has 0 amide bonds. The second kappa shape index (κ2) is 6.97. The molecule has 0 saturated heterocycles. The van der Waals surface area contributed by atoms with Crippen molar-refractivity contribution in [3.63, 3.8) is 0 Å². The van der Waals surface area contributed by atoms with Gasteiger partial charge in [-0.1, -0.05) is 12.1 Å². The Balaban J connectivity index is 1.84. The topological polar surface area (TPSA) is 120 Å². The van der Waals surface area contributed by atoms with Crippen LogP contribution in [0, 0.1) is 0 Å². The minimum atomic E-state index is -1.64. The predicted octanol–water partition coefficient (Wildman–Crippen LogP) is 0.236. The Hall–Kier alpha value is -2.19. The summed E-state index contributed by atoms with van der Waals surface area (Å²) in [6.07, 6.45) is -5.44. The Morgan fingerprint density at radius 2 is 1.64 bits per heavy atom. The summed E-state index contributed by atoms with van der Waals surface area (Å²) in [4.78, 5) is 12.2. The maximum atomic E-state index is 12.2. The highest BCUT2D eigenvalue weighted by molar-refractivity contribution is 5.30. The number of ether oxygens (including phenoxy) is 1. The molecule has 1 heterocycles. The molecule has 1 aromatic heterocycles. The molecule has 0 fully saturated rings. The van der Waals surface area contributed by atoms with Crippen molar-refractivity contribution >= 4 is 0 Å². The average molecular weight is 348 g/mol. The first-order chi connectivity index (χ1) is 11.9. The van der Waals surface area contributed by atoms with Crippen molar-refractivity contribution in [2.24, 2.45) is 0 Å². The average Bonchev–Trinajstić information content (AvgIpc) is 2.62. The van der Waals surface area contributed by atoms with Gasteiger partial charge in [0.2, 0.25) is 0 Å². The lowest BCUT2D eigenvalue weighted by atomic mass is 9.87. The largest absolute Gasteiger partial charge is 0.497 e. The lowest BCUT2D eigenvalue weighted by Crippen LogP contribution is -2.44. The predicted molar refractivity (Wildman–Crippen MR) is 87.3 cm³/mol. The summed E-state index contributed by atoms with van der Waals surface area (Å²) in [6, 6.07) is 8.69. The van der Waals surface area contributed by atoms with Crippen molar-refractivity contribution in [3.05, 3.63) is 63.2 Å². The number of hydrogen-bond acceptors (Lipinski definition) is 7. The highest BCUT2D eigenvalue weighted by atomic mass is 16.5. The molecule has 7 nitrogen and oxygen atoms in total. The van der Waals surface area contributed by atoms with Gasteiger partial charge in [-0.15, -0.1) is 0 Å². The van der Waals surface area contributed by atoms with Crippen LogP contribution in [0.25, 0.3) is 0 Å². The lowest BCUT2D eigenvalue weighted by molar-refractivity contribution is -0.128. The van der Waals surface area contributed by atoms with Gasteiger partial charge in [0.25, 0.3) is 0 Å². The van der Waals surface area contributed by atoms with Crippen molar-refractivity contribution in [2.45, 2.75) is 37.3 Å². The van der Waals surface area contributed by atoms with Crippen LogP contribution in [0.4, 0.5) is 0 Å². The van der Waals surface area contributed by atoms with E-state index in [4.69, 9.17) is 9.15 Å². The van der Waals surface area contributed by atoms with Gasteiger partial charge in [0.05, 0.1) is 12.7 Å². The van der Waals surface area contributed by atoms with Crippen molar-refractivity contribution in [3.8, 4) is 5.75 Å². The van der Waals surface area contributed by atoms with Gasteiger partial charge in [-0.05, 0) is 24.1 Å². The number of methoxy groups -OCH3 is 1. The van der Waals surface area contributed by atoms with Gasteiger partial charge in [0, 0.05) is 12.5 Å². The molecule has 1 aromatic carbocycles. The monoisotopic (exact) mass is 348 g/mol. The molecular formula is C18H20O7. The SMILES string of the molecule is COc1ccc(CCc2cc(=O)c3c(o2)C(O)C(O)C(O)C3O)cc1. The molecule has 0 radical (unpaired) electrons. The van der Waals surface area contributed by atoms with Crippen LogP contribution in [0.2, 0.25) is 0 Å². The standard InChI is InChI=1S/C18H20O7/c1-24-10-5-2-9(3-6-10)4-7-11-8-12(19)13-14(20)15(21)16(22)17(23)18(13)25-11/h2-3,5-6,8,14-17,20-23H,4,7H2,1H3. The molecule has 2 aromatic rings. The zero-order chi connectivity index (χ0) is 18.1. The summed E-state index contributed by atoms with van der Waals surface area (Å²) in [5, 5.41) is 39.5. The van der Waals surface area contributed by atoms with E-state index < -0.39 is 29.8 Å². The summed E-state index contributed by atoms with van der Waals surface area (Å²) in [5.41, 5.74) is 0.263. The molecule has 134 valence electrons. The van der Waals surface area contributed by atoms with Crippen LogP contribution in [0.1, 0.15) is 34.9 Å². The van der Waals surface area contributed by atoms with Crippen LogP contribution in [-0.2, 0) is 12.8 Å². The Morgan fingerprint density at radius 1 is 1.00 bits per heavy atom. The molecule has 1 aliphatic carbocycles. The van der Waals surface area contributed by atoms with Crippen molar-refractivity contribution < 1.29 is 29.6 Å². The van der Waals surface area contributed by atoms with E-state index in [-0.39, 0.29) is 11.3 Å². The van der Waals surface area contributed by atoms with Gasteiger partial charge >= 0.3 is 0 Å². The van der Waals surface area contributed by atoms with E-state index >= 15 is 0 Å². The fourth-order valence-corrected chi connectivity index (χ4v) is 2.96. The minimum Gasteiger partial charge on any atom is -0.497 e. The van der Waals surface area contributed by atoms with E-state index in [1.165, 1.54) is 6.07 Å². The lowest BCUT2D eigenvalue weighted by Gasteiger charge is -2.32. The Labute approximate surface area is 143 Å². The molecule has 0 bridgehead atoms.